The van der Waals surface area contributed by atoms with E-state index in [-0.39, 0.29) is 6.04 Å². The van der Waals surface area contributed by atoms with Gasteiger partial charge in [0.05, 0.1) is 6.04 Å². The Balaban J connectivity index is 2.38. The second-order valence-electron chi connectivity index (χ2n) is 4.31. The first-order valence-corrected chi connectivity index (χ1v) is 7.24. The molecule has 1 aromatic carbocycles. The second-order valence-corrected chi connectivity index (χ2v) is 5.51. The van der Waals surface area contributed by atoms with E-state index in [9.17, 15) is 8.78 Å². The van der Waals surface area contributed by atoms with Crippen LogP contribution in [0.4, 0.5) is 8.78 Å². The quantitative estimate of drug-likeness (QED) is 0.862. The Bertz CT molecular complexity index is 551. The van der Waals surface area contributed by atoms with E-state index in [1.54, 1.807) is 11.3 Å². The van der Waals surface area contributed by atoms with Crippen LogP contribution in [0.1, 0.15) is 35.2 Å². The molecule has 0 saturated carbocycles. The Kier molecular flexibility index (Phi) is 4.66. The van der Waals surface area contributed by atoms with E-state index in [2.05, 4.69) is 18.3 Å². The van der Waals surface area contributed by atoms with Gasteiger partial charge in [0.1, 0.15) is 11.6 Å². The van der Waals surface area contributed by atoms with Crippen molar-refractivity contribution in [2.75, 3.05) is 6.54 Å². The van der Waals surface area contributed by atoms with Gasteiger partial charge in [-0.1, -0.05) is 19.9 Å². The molecule has 1 unspecified atom stereocenters. The molecule has 2 aromatic rings. The molecule has 1 atom stereocenters. The van der Waals surface area contributed by atoms with Crippen LogP contribution in [0.5, 0.6) is 0 Å². The minimum atomic E-state index is -0.545. The lowest BCUT2D eigenvalue weighted by atomic mass is 10.0. The zero-order valence-corrected chi connectivity index (χ0v) is 11.9. The number of nitrogens with one attached hydrogen (secondary N) is 1. The largest absolute Gasteiger partial charge is 0.306 e. The maximum Gasteiger partial charge on any atom is 0.131 e. The summed E-state index contributed by atoms with van der Waals surface area (Å²) < 4.78 is 26.9. The van der Waals surface area contributed by atoms with Crippen LogP contribution in [0.2, 0.25) is 0 Å². The van der Waals surface area contributed by atoms with E-state index in [0.717, 1.165) is 23.9 Å². The average Bonchev–Trinajstić information content (AvgIpc) is 2.85. The fourth-order valence-corrected chi connectivity index (χ4v) is 3.09. The van der Waals surface area contributed by atoms with Gasteiger partial charge in [0.2, 0.25) is 0 Å². The first-order chi connectivity index (χ1) is 9.15. The summed E-state index contributed by atoms with van der Waals surface area (Å²) in [5, 5.41) is 3.26. The van der Waals surface area contributed by atoms with Crippen LogP contribution in [0.25, 0.3) is 0 Å². The van der Waals surface area contributed by atoms with Gasteiger partial charge in [-0.3, -0.25) is 0 Å². The molecule has 1 N–H and O–H groups in total. The van der Waals surface area contributed by atoms with E-state index in [1.165, 1.54) is 17.0 Å². The number of benzene rings is 1. The second kappa shape index (κ2) is 6.26. The highest BCUT2D eigenvalue weighted by Gasteiger charge is 2.19. The highest BCUT2D eigenvalue weighted by Crippen LogP contribution is 2.30. The molecule has 0 aliphatic heterocycles. The Morgan fingerprint density at radius 1 is 1.16 bits per heavy atom. The summed E-state index contributed by atoms with van der Waals surface area (Å²) in [5.74, 6) is -1.05. The molecule has 1 heterocycles. The van der Waals surface area contributed by atoms with Crippen molar-refractivity contribution >= 4 is 11.3 Å². The Morgan fingerprint density at radius 2 is 1.95 bits per heavy atom. The molecule has 0 amide bonds. The molecule has 1 aromatic heterocycles. The van der Waals surface area contributed by atoms with Crippen LogP contribution >= 0.6 is 11.3 Å². The molecular formula is C15H17F2NS. The highest BCUT2D eigenvalue weighted by molar-refractivity contribution is 7.12. The predicted molar refractivity (Wildman–Crippen MR) is 75.6 cm³/mol. The summed E-state index contributed by atoms with van der Waals surface area (Å²) in [6.45, 7) is 4.79. The van der Waals surface area contributed by atoms with Gasteiger partial charge >= 0.3 is 0 Å². The van der Waals surface area contributed by atoms with Crippen molar-refractivity contribution in [3.05, 3.63) is 57.3 Å². The van der Waals surface area contributed by atoms with Gasteiger partial charge in [-0.2, -0.15) is 0 Å². The van der Waals surface area contributed by atoms with Gasteiger partial charge in [-0.15, -0.1) is 11.3 Å². The molecule has 2 rings (SSSR count). The smallest absolute Gasteiger partial charge is 0.131 e. The molecule has 102 valence electrons. The molecule has 0 aliphatic rings. The van der Waals surface area contributed by atoms with Gasteiger partial charge in [-0.25, -0.2) is 8.78 Å². The van der Waals surface area contributed by atoms with Crippen LogP contribution in [-0.4, -0.2) is 6.54 Å². The average molecular weight is 281 g/mol. The van der Waals surface area contributed by atoms with Crippen molar-refractivity contribution in [1.29, 1.82) is 0 Å². The number of hydrogen-bond acceptors (Lipinski definition) is 2. The van der Waals surface area contributed by atoms with Crippen LogP contribution in [-0.2, 0) is 6.42 Å². The summed E-state index contributed by atoms with van der Waals surface area (Å²) in [5.41, 5.74) is 0.493. The van der Waals surface area contributed by atoms with E-state index in [4.69, 9.17) is 0 Å². The minimum Gasteiger partial charge on any atom is -0.306 e. The third-order valence-corrected chi connectivity index (χ3v) is 4.29. The van der Waals surface area contributed by atoms with Crippen molar-refractivity contribution in [2.45, 2.75) is 26.3 Å². The number of rotatable bonds is 5. The molecule has 4 heteroatoms. The summed E-state index contributed by atoms with van der Waals surface area (Å²) in [4.78, 5) is 2.32. The summed E-state index contributed by atoms with van der Waals surface area (Å²) in [7, 11) is 0. The van der Waals surface area contributed by atoms with E-state index < -0.39 is 11.6 Å². The molecule has 1 nitrogen and oxygen atoms in total. The topological polar surface area (TPSA) is 12.0 Å². The van der Waals surface area contributed by atoms with Gasteiger partial charge in [-0.05, 0) is 31.2 Å². The minimum absolute atomic E-state index is 0.212. The number of halogens is 2. The first kappa shape index (κ1) is 14.2. The van der Waals surface area contributed by atoms with Crippen molar-refractivity contribution < 1.29 is 8.78 Å². The fraction of sp³-hybridized carbons (Fsp3) is 0.333. The molecule has 0 saturated heterocycles. The van der Waals surface area contributed by atoms with Crippen molar-refractivity contribution in [2.24, 2.45) is 0 Å². The predicted octanol–water partition coefficient (Wildman–Crippen LogP) is 4.29. The molecule has 0 fully saturated rings. The normalized spacial score (nSPS) is 12.6. The molecule has 0 spiro atoms. The first-order valence-electron chi connectivity index (χ1n) is 6.42. The zero-order chi connectivity index (χ0) is 13.8. The number of hydrogen-bond donors (Lipinski definition) is 1. The zero-order valence-electron chi connectivity index (χ0n) is 11.0. The molecule has 19 heavy (non-hydrogen) atoms. The Morgan fingerprint density at radius 3 is 2.53 bits per heavy atom. The molecule has 0 aliphatic carbocycles. The number of thiophene rings is 1. The number of aryl methyl sites for hydroxylation is 1. The van der Waals surface area contributed by atoms with Crippen molar-refractivity contribution in [3.63, 3.8) is 0 Å². The lowest BCUT2D eigenvalue weighted by Gasteiger charge is -2.17. The van der Waals surface area contributed by atoms with Crippen LogP contribution in [0, 0.1) is 11.6 Å². The van der Waals surface area contributed by atoms with E-state index in [0.29, 0.717) is 5.56 Å². The molecule has 0 bridgehead atoms. The maximum atomic E-state index is 13.9. The van der Waals surface area contributed by atoms with Gasteiger partial charge in [0, 0.05) is 21.4 Å². The van der Waals surface area contributed by atoms with Crippen molar-refractivity contribution in [3.8, 4) is 0 Å². The maximum absolute atomic E-state index is 13.9. The Hall–Kier alpha value is -1.26. The molecule has 0 radical (unpaired) electrons. The van der Waals surface area contributed by atoms with Gasteiger partial charge in [0.15, 0.2) is 0 Å². The van der Waals surface area contributed by atoms with Crippen LogP contribution < -0.4 is 5.32 Å². The summed E-state index contributed by atoms with van der Waals surface area (Å²) in [6, 6.07) is 7.62. The third kappa shape index (κ3) is 3.19. The Labute approximate surface area is 116 Å². The standard InChI is InChI=1S/C15H17F2NS/c1-3-11-6-8-14(19-11)15(18-4-2)12-7-5-10(16)9-13(12)17/h5-9,15,18H,3-4H2,1-2H3. The van der Waals surface area contributed by atoms with Gasteiger partial charge in [0.25, 0.3) is 0 Å². The third-order valence-electron chi connectivity index (χ3n) is 3.00. The highest BCUT2D eigenvalue weighted by atomic mass is 32.1. The lowest BCUT2D eigenvalue weighted by molar-refractivity contribution is 0.544. The van der Waals surface area contributed by atoms with E-state index >= 15 is 0 Å². The summed E-state index contributed by atoms with van der Waals surface area (Å²) >= 11 is 1.67. The van der Waals surface area contributed by atoms with Crippen molar-refractivity contribution in [1.82, 2.24) is 5.32 Å². The van der Waals surface area contributed by atoms with E-state index in [1.807, 2.05) is 13.0 Å². The SMILES string of the molecule is CCNC(c1ccc(CC)s1)c1ccc(F)cc1F. The lowest BCUT2D eigenvalue weighted by Crippen LogP contribution is -2.22. The van der Waals surface area contributed by atoms with Gasteiger partial charge < -0.3 is 5.32 Å². The van der Waals surface area contributed by atoms with Crippen LogP contribution in [0.15, 0.2) is 30.3 Å². The monoisotopic (exact) mass is 281 g/mol. The molecular weight excluding hydrogens is 264 g/mol. The van der Waals surface area contributed by atoms with Crippen LogP contribution in [0.3, 0.4) is 0 Å². The fourth-order valence-electron chi connectivity index (χ4n) is 2.04. The summed E-state index contributed by atoms with van der Waals surface area (Å²) in [6.07, 6.45) is 0.968.